The van der Waals surface area contributed by atoms with Crippen molar-refractivity contribution in [1.29, 1.82) is 0 Å². The summed E-state index contributed by atoms with van der Waals surface area (Å²) < 4.78 is 0. The van der Waals surface area contributed by atoms with Crippen LogP contribution < -0.4 is 16.0 Å². The summed E-state index contributed by atoms with van der Waals surface area (Å²) in [5, 5.41) is 8.11. The third-order valence-electron chi connectivity index (χ3n) is 3.61. The minimum atomic E-state index is -0.290. The Morgan fingerprint density at radius 2 is 1.44 bits per heavy atom. The number of benzene rings is 2. The molecule has 0 aromatic heterocycles. The van der Waals surface area contributed by atoms with E-state index in [9.17, 15) is 14.4 Å². The molecular weight excluding hydrogens is 342 g/mol. The van der Waals surface area contributed by atoms with Gasteiger partial charge in [0.25, 0.3) is 5.91 Å². The molecule has 0 spiro atoms. The predicted octanol–water partition coefficient (Wildman–Crippen LogP) is 2.91. The molecule has 0 aliphatic carbocycles. The zero-order chi connectivity index (χ0) is 19.6. The molecule has 0 heterocycles. The summed E-state index contributed by atoms with van der Waals surface area (Å²) >= 11 is 0. The van der Waals surface area contributed by atoms with E-state index in [1.165, 1.54) is 6.08 Å². The molecule has 3 N–H and O–H groups in total. The van der Waals surface area contributed by atoms with E-state index >= 15 is 0 Å². The van der Waals surface area contributed by atoms with Crippen molar-refractivity contribution in [3.63, 3.8) is 0 Å². The molecule has 6 nitrogen and oxygen atoms in total. The zero-order valence-electron chi connectivity index (χ0n) is 14.8. The van der Waals surface area contributed by atoms with Gasteiger partial charge in [-0.05, 0) is 48.0 Å². The summed E-state index contributed by atoms with van der Waals surface area (Å²) in [5.74, 6) is -0.666. The zero-order valence-corrected chi connectivity index (χ0v) is 14.8. The van der Waals surface area contributed by atoms with Crippen molar-refractivity contribution in [2.75, 3.05) is 17.2 Å². The van der Waals surface area contributed by atoms with Gasteiger partial charge in [0.05, 0.1) is 6.42 Å². The van der Waals surface area contributed by atoms with E-state index < -0.39 is 0 Å². The Kier molecular flexibility index (Phi) is 7.07. The molecule has 0 saturated heterocycles. The second-order valence-electron chi connectivity index (χ2n) is 5.69. The third kappa shape index (κ3) is 6.28. The Morgan fingerprint density at radius 1 is 0.852 bits per heavy atom. The monoisotopic (exact) mass is 363 g/mol. The molecule has 2 rings (SSSR count). The van der Waals surface area contributed by atoms with Crippen LogP contribution >= 0.6 is 0 Å². The van der Waals surface area contributed by atoms with Crippen molar-refractivity contribution in [2.24, 2.45) is 0 Å². The van der Waals surface area contributed by atoms with E-state index in [1.807, 2.05) is 0 Å². The normalized spacial score (nSPS) is 9.78. The van der Waals surface area contributed by atoms with E-state index in [-0.39, 0.29) is 24.1 Å². The van der Waals surface area contributed by atoms with Crippen LogP contribution in [0.1, 0.15) is 15.9 Å². The van der Waals surface area contributed by atoms with Gasteiger partial charge in [-0.15, -0.1) is 6.58 Å². The predicted molar refractivity (Wildman–Crippen MR) is 107 cm³/mol. The van der Waals surface area contributed by atoms with Crippen LogP contribution in [0, 0.1) is 0 Å². The van der Waals surface area contributed by atoms with Crippen LogP contribution in [0.5, 0.6) is 0 Å². The van der Waals surface area contributed by atoms with Crippen LogP contribution in [-0.4, -0.2) is 24.3 Å². The van der Waals surface area contributed by atoms with Gasteiger partial charge >= 0.3 is 0 Å². The summed E-state index contributed by atoms with van der Waals surface area (Å²) in [6.07, 6.45) is 2.99. The van der Waals surface area contributed by atoms with Gasteiger partial charge in [0.15, 0.2) is 0 Å². The first-order chi connectivity index (χ1) is 13.0. The van der Waals surface area contributed by atoms with Crippen LogP contribution in [0.4, 0.5) is 11.4 Å². The van der Waals surface area contributed by atoms with E-state index in [0.29, 0.717) is 23.5 Å². The smallest absolute Gasteiger partial charge is 0.251 e. The molecule has 3 amide bonds. The Balaban J connectivity index is 1.89. The average molecular weight is 363 g/mol. The highest BCUT2D eigenvalue weighted by Gasteiger charge is 2.07. The minimum Gasteiger partial charge on any atom is -0.349 e. The van der Waals surface area contributed by atoms with Crippen LogP contribution in [0.3, 0.4) is 0 Å². The number of nitrogens with one attached hydrogen (secondary N) is 3. The second kappa shape index (κ2) is 9.72. The maximum Gasteiger partial charge on any atom is 0.251 e. The molecule has 0 atom stereocenters. The first kappa shape index (κ1) is 19.7. The minimum absolute atomic E-state index is 0.179. The summed E-state index contributed by atoms with van der Waals surface area (Å²) in [6, 6.07) is 13.6. The van der Waals surface area contributed by atoms with Gasteiger partial charge < -0.3 is 16.0 Å². The molecule has 0 radical (unpaired) electrons. The maximum absolute atomic E-state index is 12.2. The Bertz CT molecular complexity index is 840. The van der Waals surface area contributed by atoms with Gasteiger partial charge in [0.1, 0.15) is 0 Å². The lowest BCUT2D eigenvalue weighted by Gasteiger charge is -2.08. The molecule has 2 aromatic rings. The quantitative estimate of drug-likeness (QED) is 0.498. The van der Waals surface area contributed by atoms with Crippen molar-refractivity contribution >= 4 is 29.1 Å². The van der Waals surface area contributed by atoms with Crippen LogP contribution in [0.25, 0.3) is 0 Å². The third-order valence-corrected chi connectivity index (χ3v) is 3.61. The summed E-state index contributed by atoms with van der Waals surface area (Å²) in [4.78, 5) is 35.2. The number of amides is 3. The molecule has 27 heavy (non-hydrogen) atoms. The number of carbonyl (C=O) groups excluding carboxylic acids is 3. The molecule has 0 aliphatic rings. The van der Waals surface area contributed by atoms with E-state index in [2.05, 4.69) is 29.1 Å². The lowest BCUT2D eigenvalue weighted by molar-refractivity contribution is -0.115. The second-order valence-corrected chi connectivity index (χ2v) is 5.69. The first-order valence-corrected chi connectivity index (χ1v) is 8.33. The van der Waals surface area contributed by atoms with Gasteiger partial charge in [0, 0.05) is 23.5 Å². The number of hydrogen-bond donors (Lipinski definition) is 3. The molecule has 6 heteroatoms. The highest BCUT2D eigenvalue weighted by Crippen LogP contribution is 2.13. The maximum atomic E-state index is 12.2. The fourth-order valence-corrected chi connectivity index (χ4v) is 2.26. The van der Waals surface area contributed by atoms with Crippen molar-refractivity contribution in [1.82, 2.24) is 5.32 Å². The van der Waals surface area contributed by atoms with Crippen LogP contribution in [-0.2, 0) is 16.0 Å². The lowest BCUT2D eigenvalue weighted by atomic mass is 10.1. The Labute approximate surface area is 158 Å². The SMILES string of the molecule is C=CCNC(=O)c1ccc(NC(=O)Cc2ccc(NC(=O)C=C)cc2)cc1. The van der Waals surface area contributed by atoms with Crippen molar-refractivity contribution in [2.45, 2.75) is 6.42 Å². The molecule has 0 aliphatic heterocycles. The number of rotatable bonds is 8. The van der Waals surface area contributed by atoms with E-state index in [0.717, 1.165) is 5.56 Å². The molecular formula is C21H21N3O3. The van der Waals surface area contributed by atoms with Crippen molar-refractivity contribution < 1.29 is 14.4 Å². The van der Waals surface area contributed by atoms with Crippen LogP contribution in [0.15, 0.2) is 73.8 Å². The Hall–Kier alpha value is -3.67. The van der Waals surface area contributed by atoms with Gasteiger partial charge in [-0.25, -0.2) is 0 Å². The lowest BCUT2D eigenvalue weighted by Crippen LogP contribution is -2.23. The fraction of sp³-hybridized carbons (Fsp3) is 0.0952. The number of anilines is 2. The highest BCUT2D eigenvalue weighted by atomic mass is 16.2. The standard InChI is InChI=1S/C21H21N3O3/c1-3-13-22-21(27)16-7-11-18(12-8-16)24-20(26)14-15-5-9-17(10-6-15)23-19(25)4-2/h3-12H,1-2,13-14H2,(H,22,27)(H,23,25)(H,24,26). The van der Waals surface area contributed by atoms with E-state index in [4.69, 9.17) is 0 Å². The molecule has 0 fully saturated rings. The highest BCUT2D eigenvalue weighted by molar-refractivity contribution is 5.99. The molecule has 0 saturated carbocycles. The first-order valence-electron chi connectivity index (χ1n) is 8.33. The molecule has 0 unspecified atom stereocenters. The average Bonchev–Trinajstić information content (AvgIpc) is 2.68. The molecule has 2 aromatic carbocycles. The molecule has 138 valence electrons. The molecule has 0 bridgehead atoms. The summed E-state index contributed by atoms with van der Waals surface area (Å²) in [6.45, 7) is 7.33. The van der Waals surface area contributed by atoms with Gasteiger partial charge in [-0.1, -0.05) is 24.8 Å². The Morgan fingerprint density at radius 3 is 2.04 bits per heavy atom. The number of carbonyl (C=O) groups is 3. The van der Waals surface area contributed by atoms with Crippen molar-refractivity contribution in [3.8, 4) is 0 Å². The van der Waals surface area contributed by atoms with E-state index in [1.54, 1.807) is 54.6 Å². The van der Waals surface area contributed by atoms with Crippen molar-refractivity contribution in [3.05, 3.63) is 85.0 Å². The summed E-state index contributed by atoms with van der Waals surface area (Å²) in [7, 11) is 0. The van der Waals surface area contributed by atoms with Gasteiger partial charge in [0.2, 0.25) is 11.8 Å². The fourth-order valence-electron chi connectivity index (χ4n) is 2.26. The van der Waals surface area contributed by atoms with Crippen LogP contribution in [0.2, 0.25) is 0 Å². The number of hydrogen-bond acceptors (Lipinski definition) is 3. The topological polar surface area (TPSA) is 87.3 Å². The summed E-state index contributed by atoms with van der Waals surface area (Å²) in [5.41, 5.74) is 2.56. The largest absolute Gasteiger partial charge is 0.349 e. The van der Waals surface area contributed by atoms with Gasteiger partial charge in [-0.2, -0.15) is 0 Å². The van der Waals surface area contributed by atoms with Gasteiger partial charge in [-0.3, -0.25) is 14.4 Å².